The maximum Gasteiger partial charge on any atom is 0.270 e. The van der Waals surface area contributed by atoms with Gasteiger partial charge in [-0.1, -0.05) is 61.5 Å². The van der Waals surface area contributed by atoms with Crippen molar-refractivity contribution in [1.29, 1.82) is 0 Å². The number of nitrogens with zero attached hydrogens (tertiary/aromatic N) is 4. The largest absolute Gasteiger partial charge is 0.350 e. The molecule has 5 rings (SSSR count). The van der Waals surface area contributed by atoms with Crippen molar-refractivity contribution >= 4 is 23.6 Å². The average molecular weight is 692 g/mol. The van der Waals surface area contributed by atoms with Gasteiger partial charge in [-0.2, -0.15) is 5.10 Å². The van der Waals surface area contributed by atoms with Crippen molar-refractivity contribution in [2.24, 2.45) is 13.0 Å². The van der Waals surface area contributed by atoms with Gasteiger partial charge in [-0.25, -0.2) is 8.78 Å². The Hall–Kier alpha value is -4.65. The van der Waals surface area contributed by atoms with E-state index < -0.39 is 35.7 Å². The average Bonchev–Trinajstić information content (AvgIpc) is 3.56. The molecule has 2 atom stereocenters. The van der Waals surface area contributed by atoms with Gasteiger partial charge in [-0.3, -0.25) is 28.8 Å². The van der Waals surface area contributed by atoms with Crippen LogP contribution < -0.4 is 16.0 Å². The van der Waals surface area contributed by atoms with E-state index in [0.717, 1.165) is 30.8 Å². The molecule has 2 unspecified atom stereocenters. The molecule has 268 valence electrons. The van der Waals surface area contributed by atoms with Gasteiger partial charge < -0.3 is 20.9 Å². The maximum absolute atomic E-state index is 13.9. The fraction of sp³-hybridized carbons (Fsp3) is 0.486. The van der Waals surface area contributed by atoms with Crippen LogP contribution in [0.1, 0.15) is 66.2 Å². The Kier molecular flexibility index (Phi) is 12.3. The summed E-state index contributed by atoms with van der Waals surface area (Å²) in [6.45, 7) is 5.38. The molecule has 50 heavy (non-hydrogen) atoms. The van der Waals surface area contributed by atoms with Crippen molar-refractivity contribution in [2.75, 3.05) is 26.2 Å². The summed E-state index contributed by atoms with van der Waals surface area (Å²) < 4.78 is 29.2. The highest BCUT2D eigenvalue weighted by atomic mass is 19.3. The van der Waals surface area contributed by atoms with Crippen molar-refractivity contribution in [3.63, 3.8) is 0 Å². The second-order valence-corrected chi connectivity index (χ2v) is 13.3. The Morgan fingerprint density at radius 1 is 0.880 bits per heavy atom. The minimum Gasteiger partial charge on any atom is -0.350 e. The van der Waals surface area contributed by atoms with E-state index in [1.54, 1.807) is 14.0 Å². The number of nitrogens with one attached hydrogen (secondary N) is 3. The van der Waals surface area contributed by atoms with Crippen LogP contribution in [0.4, 0.5) is 8.78 Å². The number of hydrogen-bond donors (Lipinski definition) is 3. The zero-order chi connectivity index (χ0) is 35.7. The van der Waals surface area contributed by atoms with Crippen LogP contribution in [-0.4, -0.2) is 87.4 Å². The lowest BCUT2D eigenvalue weighted by atomic mass is 9.81. The molecule has 2 fully saturated rings. The summed E-state index contributed by atoms with van der Waals surface area (Å²) in [6.07, 6.45) is 1.61. The molecule has 13 heteroatoms. The lowest BCUT2D eigenvalue weighted by Crippen LogP contribution is -2.55. The third-order valence-corrected chi connectivity index (χ3v) is 9.67. The summed E-state index contributed by atoms with van der Waals surface area (Å²) in [7, 11) is 1.61. The monoisotopic (exact) mass is 691 g/mol. The first kappa shape index (κ1) is 36.6. The van der Waals surface area contributed by atoms with Gasteiger partial charge in [-0.15, -0.1) is 0 Å². The lowest BCUT2D eigenvalue weighted by molar-refractivity contribution is -0.138. The minimum atomic E-state index is -2.77. The molecule has 1 aliphatic heterocycles. The smallest absolute Gasteiger partial charge is 0.270 e. The molecule has 0 radical (unpaired) electrons. The van der Waals surface area contributed by atoms with Crippen LogP contribution in [0.5, 0.6) is 0 Å². The normalized spacial score (nSPS) is 17.8. The zero-order valence-electron chi connectivity index (χ0n) is 28.7. The van der Waals surface area contributed by atoms with E-state index in [2.05, 4.69) is 38.1 Å². The molecule has 1 saturated heterocycles. The van der Waals surface area contributed by atoms with Crippen LogP contribution in [0.25, 0.3) is 0 Å². The molecule has 11 nitrogen and oxygen atoms in total. The van der Waals surface area contributed by atoms with E-state index in [9.17, 15) is 28.0 Å². The van der Waals surface area contributed by atoms with Crippen molar-refractivity contribution in [3.8, 4) is 0 Å². The summed E-state index contributed by atoms with van der Waals surface area (Å²) in [5.41, 5.74) is 3.12. The molecule has 0 bridgehead atoms. The summed E-state index contributed by atoms with van der Waals surface area (Å²) >= 11 is 0. The molecule has 3 aromatic rings. The maximum atomic E-state index is 13.9. The predicted octanol–water partition coefficient (Wildman–Crippen LogP) is 3.44. The van der Waals surface area contributed by atoms with E-state index in [1.807, 2.05) is 47.4 Å². The Morgan fingerprint density at radius 3 is 2.16 bits per heavy atom. The van der Waals surface area contributed by atoms with Gasteiger partial charge in [0.15, 0.2) is 0 Å². The van der Waals surface area contributed by atoms with E-state index in [0.29, 0.717) is 19.5 Å². The molecule has 4 amide bonds. The van der Waals surface area contributed by atoms with E-state index in [1.165, 1.54) is 22.5 Å². The third kappa shape index (κ3) is 9.96. The van der Waals surface area contributed by atoms with E-state index in [4.69, 9.17) is 0 Å². The molecule has 1 saturated carbocycles. The van der Waals surface area contributed by atoms with Gasteiger partial charge in [0.25, 0.3) is 5.91 Å². The summed E-state index contributed by atoms with van der Waals surface area (Å²) in [5, 5.41) is 12.5. The van der Waals surface area contributed by atoms with E-state index in [-0.39, 0.29) is 56.2 Å². The molecule has 2 aromatic carbocycles. The number of rotatable bonds is 13. The highest BCUT2D eigenvalue weighted by Crippen LogP contribution is 2.37. The highest BCUT2D eigenvalue weighted by Gasteiger charge is 2.40. The Morgan fingerprint density at radius 2 is 1.54 bits per heavy atom. The second-order valence-electron chi connectivity index (χ2n) is 13.3. The van der Waals surface area contributed by atoms with Crippen molar-refractivity contribution in [2.45, 2.75) is 76.5 Å². The van der Waals surface area contributed by atoms with Gasteiger partial charge in [0, 0.05) is 78.2 Å². The highest BCUT2D eigenvalue weighted by molar-refractivity contribution is 5.96. The number of piperazine rings is 1. The SMILES string of the molecule is CCC(=O)NC(Cc1ccc(CNC(=O)C(NC(=O)c2ccnn2C)C2CCC(F)(F)CC2)cc1)C(=O)N1CCN(Cc2ccccc2)CC1. The Balaban J connectivity index is 1.17. The van der Waals surface area contributed by atoms with E-state index >= 15 is 0 Å². The third-order valence-electron chi connectivity index (χ3n) is 9.67. The van der Waals surface area contributed by atoms with Crippen molar-refractivity contribution in [1.82, 2.24) is 35.5 Å². The molecule has 1 aromatic heterocycles. The molecule has 1 aliphatic carbocycles. The predicted molar refractivity (Wildman–Crippen MR) is 184 cm³/mol. The number of benzene rings is 2. The molecular weight excluding hydrogens is 644 g/mol. The first-order valence-electron chi connectivity index (χ1n) is 17.4. The quantitative estimate of drug-likeness (QED) is 0.252. The first-order valence-corrected chi connectivity index (χ1v) is 17.4. The Bertz CT molecular complexity index is 1600. The number of amides is 4. The number of alkyl halides is 2. The zero-order valence-corrected chi connectivity index (χ0v) is 28.7. The fourth-order valence-electron chi connectivity index (χ4n) is 6.62. The van der Waals surface area contributed by atoms with Crippen LogP contribution >= 0.6 is 0 Å². The number of carbonyl (C=O) groups is 4. The minimum absolute atomic E-state index is 0.109. The van der Waals surface area contributed by atoms with Crippen LogP contribution in [-0.2, 0) is 40.9 Å². The van der Waals surface area contributed by atoms with Crippen LogP contribution in [0.2, 0.25) is 0 Å². The number of halogens is 2. The molecule has 2 aliphatic rings. The number of aryl methyl sites for hydroxylation is 1. The van der Waals surface area contributed by atoms with Gasteiger partial charge >= 0.3 is 0 Å². The molecule has 3 N–H and O–H groups in total. The number of hydrogen-bond acceptors (Lipinski definition) is 6. The summed E-state index contributed by atoms with van der Waals surface area (Å²) in [5.74, 6) is -4.46. The van der Waals surface area contributed by atoms with Crippen molar-refractivity contribution < 1.29 is 28.0 Å². The number of aromatic nitrogens is 2. The lowest BCUT2D eigenvalue weighted by Gasteiger charge is -2.36. The Labute approximate surface area is 291 Å². The van der Waals surface area contributed by atoms with Crippen molar-refractivity contribution in [3.05, 3.63) is 89.2 Å². The molecule has 2 heterocycles. The van der Waals surface area contributed by atoms with Crippen LogP contribution in [0, 0.1) is 5.92 Å². The fourth-order valence-corrected chi connectivity index (χ4v) is 6.62. The topological polar surface area (TPSA) is 129 Å². The summed E-state index contributed by atoms with van der Waals surface area (Å²) in [4.78, 5) is 56.6. The molecule has 0 spiro atoms. The van der Waals surface area contributed by atoms with Crippen LogP contribution in [0.15, 0.2) is 66.9 Å². The second kappa shape index (κ2) is 16.8. The number of carbonyl (C=O) groups excluding carboxylic acids is 4. The van der Waals surface area contributed by atoms with Gasteiger partial charge in [0.05, 0.1) is 0 Å². The molecular formula is C37H47F2N7O4. The van der Waals surface area contributed by atoms with Gasteiger partial charge in [0.2, 0.25) is 23.6 Å². The standard InChI is InChI=1S/C37H47F2N7O4/c1-3-32(47)42-30(36(50)46-21-19-45(20-22-46)25-28-7-5-4-6-8-28)23-26-9-11-27(12-10-26)24-40-35(49)33(29-13-16-37(38,39)17-14-29)43-34(48)31-15-18-41-44(31)2/h4-12,15,18,29-30,33H,3,13-14,16-17,19-25H2,1-2H3,(H,40,49)(H,42,47)(H,43,48). The summed E-state index contributed by atoms with van der Waals surface area (Å²) in [6, 6.07) is 17.5. The van der Waals surface area contributed by atoms with Gasteiger partial charge in [-0.05, 0) is 41.5 Å². The van der Waals surface area contributed by atoms with Crippen LogP contribution in [0.3, 0.4) is 0 Å². The van der Waals surface area contributed by atoms with Gasteiger partial charge in [0.1, 0.15) is 17.8 Å². The first-order chi connectivity index (χ1) is 24.0.